The molecule has 2 rings (SSSR count). The Bertz CT molecular complexity index is 504. The highest BCUT2D eigenvalue weighted by atomic mass is 32.1. The van der Waals surface area contributed by atoms with Crippen LogP contribution in [0.2, 0.25) is 0 Å². The summed E-state index contributed by atoms with van der Waals surface area (Å²) in [5, 5.41) is 5.72. The number of hydrogen-bond acceptors (Lipinski definition) is 3. The van der Waals surface area contributed by atoms with Crippen molar-refractivity contribution in [1.82, 2.24) is 10.6 Å². The first-order chi connectivity index (χ1) is 10.1. The Morgan fingerprint density at radius 2 is 2.00 bits per heavy atom. The number of rotatable bonds is 5. The van der Waals surface area contributed by atoms with Gasteiger partial charge in [-0.2, -0.15) is 0 Å². The fraction of sp³-hybridized carbons (Fsp3) is 0.625. The SMILES string of the molecule is CCc1sc(C(=O)NCC(=O)NC2CCCCC2)cc1C. The van der Waals surface area contributed by atoms with Crippen molar-refractivity contribution in [2.24, 2.45) is 0 Å². The zero-order valence-corrected chi connectivity index (χ0v) is 13.6. The van der Waals surface area contributed by atoms with Crippen LogP contribution >= 0.6 is 11.3 Å². The van der Waals surface area contributed by atoms with Crippen molar-refractivity contribution in [1.29, 1.82) is 0 Å². The van der Waals surface area contributed by atoms with Crippen molar-refractivity contribution in [2.75, 3.05) is 6.54 Å². The van der Waals surface area contributed by atoms with E-state index >= 15 is 0 Å². The molecule has 0 spiro atoms. The molecule has 2 amide bonds. The number of amides is 2. The monoisotopic (exact) mass is 308 g/mol. The fourth-order valence-electron chi connectivity index (χ4n) is 2.76. The smallest absolute Gasteiger partial charge is 0.261 e. The lowest BCUT2D eigenvalue weighted by molar-refractivity contribution is -0.121. The van der Waals surface area contributed by atoms with Gasteiger partial charge in [0.1, 0.15) is 0 Å². The summed E-state index contributed by atoms with van der Waals surface area (Å²) in [6, 6.07) is 2.19. The molecule has 1 aromatic rings. The zero-order chi connectivity index (χ0) is 15.2. The average molecular weight is 308 g/mol. The van der Waals surface area contributed by atoms with Crippen LogP contribution in [0.1, 0.15) is 59.1 Å². The van der Waals surface area contributed by atoms with Crippen LogP contribution < -0.4 is 10.6 Å². The van der Waals surface area contributed by atoms with E-state index in [0.717, 1.165) is 24.8 Å². The number of carbonyl (C=O) groups excluding carboxylic acids is 2. The van der Waals surface area contributed by atoms with E-state index in [1.165, 1.54) is 35.5 Å². The van der Waals surface area contributed by atoms with Gasteiger partial charge in [0.15, 0.2) is 0 Å². The van der Waals surface area contributed by atoms with Gasteiger partial charge in [0.05, 0.1) is 11.4 Å². The molecule has 0 bridgehead atoms. The standard InChI is InChI=1S/C16H24N2O2S/c1-3-13-11(2)9-14(21-13)16(20)17-10-15(19)18-12-7-5-4-6-8-12/h9,12H,3-8,10H2,1-2H3,(H,17,20)(H,18,19). The summed E-state index contributed by atoms with van der Waals surface area (Å²) >= 11 is 1.51. The summed E-state index contributed by atoms with van der Waals surface area (Å²) in [4.78, 5) is 25.8. The van der Waals surface area contributed by atoms with Crippen LogP contribution in [-0.2, 0) is 11.2 Å². The van der Waals surface area contributed by atoms with Gasteiger partial charge in [-0.3, -0.25) is 9.59 Å². The van der Waals surface area contributed by atoms with Gasteiger partial charge in [-0.1, -0.05) is 26.2 Å². The van der Waals surface area contributed by atoms with Crippen LogP contribution in [0.25, 0.3) is 0 Å². The molecule has 5 heteroatoms. The summed E-state index contributed by atoms with van der Waals surface area (Å²) in [5.41, 5.74) is 1.15. The van der Waals surface area contributed by atoms with E-state index in [1.807, 2.05) is 13.0 Å². The minimum Gasteiger partial charge on any atom is -0.352 e. The molecular formula is C16H24N2O2S. The molecule has 1 heterocycles. The third kappa shape index (κ3) is 4.56. The van der Waals surface area contributed by atoms with Crippen molar-refractivity contribution < 1.29 is 9.59 Å². The molecule has 2 N–H and O–H groups in total. The maximum atomic E-state index is 12.0. The van der Waals surface area contributed by atoms with Crippen molar-refractivity contribution in [3.05, 3.63) is 21.4 Å². The second kappa shape index (κ2) is 7.59. The first-order valence-electron chi connectivity index (χ1n) is 7.77. The molecule has 0 radical (unpaired) electrons. The van der Waals surface area contributed by atoms with Gasteiger partial charge < -0.3 is 10.6 Å². The van der Waals surface area contributed by atoms with E-state index in [9.17, 15) is 9.59 Å². The average Bonchev–Trinajstić information content (AvgIpc) is 2.87. The van der Waals surface area contributed by atoms with Gasteiger partial charge in [-0.15, -0.1) is 11.3 Å². The minimum absolute atomic E-state index is 0.0632. The first kappa shape index (κ1) is 16.0. The summed E-state index contributed by atoms with van der Waals surface area (Å²) in [7, 11) is 0. The highest BCUT2D eigenvalue weighted by Crippen LogP contribution is 2.22. The van der Waals surface area contributed by atoms with Crippen molar-refractivity contribution in [3.8, 4) is 0 Å². The Labute approximate surface area is 130 Å². The van der Waals surface area contributed by atoms with Crippen molar-refractivity contribution >= 4 is 23.2 Å². The maximum Gasteiger partial charge on any atom is 0.261 e. The summed E-state index contributed by atoms with van der Waals surface area (Å²) in [6.45, 7) is 4.16. The minimum atomic E-state index is -0.151. The molecule has 116 valence electrons. The molecule has 1 aromatic heterocycles. The van der Waals surface area contributed by atoms with Crippen molar-refractivity contribution in [2.45, 2.75) is 58.4 Å². The van der Waals surface area contributed by atoms with E-state index < -0.39 is 0 Å². The molecule has 0 aliphatic heterocycles. The molecule has 0 atom stereocenters. The Balaban J connectivity index is 1.78. The quantitative estimate of drug-likeness (QED) is 0.879. The lowest BCUT2D eigenvalue weighted by Crippen LogP contribution is -2.42. The Kier molecular flexibility index (Phi) is 5.79. The number of aryl methyl sites for hydroxylation is 2. The van der Waals surface area contributed by atoms with Crippen molar-refractivity contribution in [3.63, 3.8) is 0 Å². The number of carbonyl (C=O) groups is 2. The second-order valence-electron chi connectivity index (χ2n) is 5.66. The van der Waals surface area contributed by atoms with Crippen LogP contribution in [-0.4, -0.2) is 24.4 Å². The normalized spacial score (nSPS) is 15.7. The highest BCUT2D eigenvalue weighted by molar-refractivity contribution is 7.14. The molecule has 1 aliphatic carbocycles. The largest absolute Gasteiger partial charge is 0.352 e. The molecular weight excluding hydrogens is 284 g/mol. The lowest BCUT2D eigenvalue weighted by Gasteiger charge is -2.22. The Morgan fingerprint density at radius 1 is 1.29 bits per heavy atom. The van der Waals surface area contributed by atoms with Crippen LogP contribution in [0.4, 0.5) is 0 Å². The molecule has 0 unspecified atom stereocenters. The molecule has 1 saturated carbocycles. The third-order valence-electron chi connectivity index (χ3n) is 3.95. The predicted octanol–water partition coefficient (Wildman–Crippen LogP) is 2.80. The van der Waals surface area contributed by atoms with E-state index in [4.69, 9.17) is 0 Å². The molecule has 21 heavy (non-hydrogen) atoms. The van der Waals surface area contributed by atoms with E-state index in [0.29, 0.717) is 10.9 Å². The maximum absolute atomic E-state index is 12.0. The number of hydrogen-bond donors (Lipinski definition) is 2. The number of nitrogens with one attached hydrogen (secondary N) is 2. The van der Waals surface area contributed by atoms with E-state index in [-0.39, 0.29) is 18.4 Å². The van der Waals surface area contributed by atoms with Crippen LogP contribution in [0.3, 0.4) is 0 Å². The predicted molar refractivity (Wildman–Crippen MR) is 85.8 cm³/mol. The summed E-state index contributed by atoms with van der Waals surface area (Å²) in [5.74, 6) is -0.235. The molecule has 0 saturated heterocycles. The first-order valence-corrected chi connectivity index (χ1v) is 8.58. The van der Waals surface area contributed by atoms with E-state index in [2.05, 4.69) is 17.6 Å². The summed E-state index contributed by atoms with van der Waals surface area (Å²) in [6.07, 6.45) is 6.69. The van der Waals surface area contributed by atoms with E-state index in [1.54, 1.807) is 0 Å². The lowest BCUT2D eigenvalue weighted by atomic mass is 9.95. The number of thiophene rings is 1. The van der Waals surface area contributed by atoms with Gasteiger partial charge in [0.2, 0.25) is 5.91 Å². The van der Waals surface area contributed by atoms with Crippen LogP contribution in [0.15, 0.2) is 6.07 Å². The fourth-order valence-corrected chi connectivity index (χ4v) is 3.79. The van der Waals surface area contributed by atoms with Gasteiger partial charge in [0.25, 0.3) is 5.91 Å². The molecule has 1 aliphatic rings. The van der Waals surface area contributed by atoms with Gasteiger partial charge in [-0.05, 0) is 37.8 Å². The van der Waals surface area contributed by atoms with Crippen LogP contribution in [0.5, 0.6) is 0 Å². The molecule has 0 aromatic carbocycles. The molecule has 1 fully saturated rings. The molecule has 4 nitrogen and oxygen atoms in total. The van der Waals surface area contributed by atoms with Gasteiger partial charge >= 0.3 is 0 Å². The Morgan fingerprint density at radius 3 is 2.62 bits per heavy atom. The van der Waals surface area contributed by atoms with Gasteiger partial charge in [0, 0.05) is 10.9 Å². The van der Waals surface area contributed by atoms with Gasteiger partial charge in [-0.25, -0.2) is 0 Å². The second-order valence-corrected chi connectivity index (χ2v) is 6.79. The Hall–Kier alpha value is -1.36. The third-order valence-corrected chi connectivity index (χ3v) is 5.33. The highest BCUT2D eigenvalue weighted by Gasteiger charge is 2.17. The van der Waals surface area contributed by atoms with Crippen LogP contribution in [0, 0.1) is 6.92 Å². The topological polar surface area (TPSA) is 58.2 Å². The summed E-state index contributed by atoms with van der Waals surface area (Å²) < 4.78 is 0. The zero-order valence-electron chi connectivity index (χ0n) is 12.8.